The molecule has 0 aromatic heterocycles. The van der Waals surface area contributed by atoms with Gasteiger partial charge >= 0.3 is 0 Å². The number of benzene rings is 3. The predicted octanol–water partition coefficient (Wildman–Crippen LogP) is 6.05. The van der Waals surface area contributed by atoms with Gasteiger partial charge in [-0.1, -0.05) is 29.3 Å². The summed E-state index contributed by atoms with van der Waals surface area (Å²) >= 11 is 12.5. The topological polar surface area (TPSA) is 106 Å². The Morgan fingerprint density at radius 3 is 2.32 bits per heavy atom. The number of aromatic hydroxyl groups is 1. The lowest BCUT2D eigenvalue weighted by molar-refractivity contribution is -0.132. The van der Waals surface area contributed by atoms with Crippen LogP contribution in [0.4, 0.5) is 5.69 Å². The van der Waals surface area contributed by atoms with Gasteiger partial charge in [-0.15, -0.1) is 0 Å². The molecule has 0 aliphatic carbocycles. The number of anilines is 1. The second-order valence-electron chi connectivity index (χ2n) is 8.45. The van der Waals surface area contributed by atoms with Crippen molar-refractivity contribution in [2.45, 2.75) is 19.9 Å². The van der Waals surface area contributed by atoms with Crippen LogP contribution in [0, 0.1) is 6.92 Å². The Hall–Kier alpha value is -3.88. The van der Waals surface area contributed by atoms with Crippen molar-refractivity contribution in [3.63, 3.8) is 0 Å². The minimum Gasteiger partial charge on any atom is -0.507 e. The van der Waals surface area contributed by atoms with Crippen LogP contribution < -0.4 is 19.1 Å². The van der Waals surface area contributed by atoms with Crippen LogP contribution >= 0.6 is 23.2 Å². The number of nitrogens with zero attached hydrogens (tertiary/aromatic N) is 1. The van der Waals surface area contributed by atoms with E-state index in [1.54, 1.807) is 38.1 Å². The average Bonchev–Trinajstić information content (AvgIpc) is 3.15. The largest absolute Gasteiger partial charge is 0.507 e. The van der Waals surface area contributed by atoms with E-state index in [0.717, 1.165) is 0 Å². The third kappa shape index (κ3) is 4.73. The molecule has 38 heavy (non-hydrogen) atoms. The quantitative estimate of drug-likeness (QED) is 0.207. The highest BCUT2D eigenvalue weighted by Gasteiger charge is 2.48. The highest BCUT2D eigenvalue weighted by Crippen LogP contribution is 2.46. The SMILES string of the molecule is CCOc1cc(C2/C(=C(\O)c3cc(Cl)c(OC)cc3OC)C(=O)C(=O)N2c2ccc(Cl)cc2C)ccc1O. The van der Waals surface area contributed by atoms with Crippen LogP contribution in [0.25, 0.3) is 5.76 Å². The number of amides is 1. The molecule has 1 fully saturated rings. The van der Waals surface area contributed by atoms with Crippen LogP contribution in [0.5, 0.6) is 23.0 Å². The Morgan fingerprint density at radius 2 is 1.68 bits per heavy atom. The van der Waals surface area contributed by atoms with Crippen LogP contribution in [-0.4, -0.2) is 42.7 Å². The third-order valence-electron chi connectivity index (χ3n) is 6.19. The zero-order chi connectivity index (χ0) is 27.7. The Labute approximate surface area is 229 Å². The molecule has 1 amide bonds. The number of carbonyl (C=O) groups excluding carboxylic acids is 2. The third-order valence-corrected chi connectivity index (χ3v) is 6.72. The molecule has 4 rings (SSSR count). The number of halogens is 2. The van der Waals surface area contributed by atoms with Crippen LogP contribution in [0.15, 0.2) is 54.1 Å². The maximum atomic E-state index is 13.5. The summed E-state index contributed by atoms with van der Waals surface area (Å²) in [6.45, 7) is 3.79. The van der Waals surface area contributed by atoms with E-state index in [4.69, 9.17) is 37.4 Å². The molecule has 1 saturated heterocycles. The molecule has 1 atom stereocenters. The summed E-state index contributed by atoms with van der Waals surface area (Å²) in [4.78, 5) is 28.3. The molecule has 0 saturated carbocycles. The predicted molar refractivity (Wildman–Crippen MR) is 145 cm³/mol. The van der Waals surface area contributed by atoms with E-state index >= 15 is 0 Å². The van der Waals surface area contributed by atoms with Gasteiger partial charge in [-0.2, -0.15) is 0 Å². The van der Waals surface area contributed by atoms with Gasteiger partial charge in [0.15, 0.2) is 11.5 Å². The van der Waals surface area contributed by atoms with Gasteiger partial charge in [0.25, 0.3) is 11.7 Å². The van der Waals surface area contributed by atoms with Crippen molar-refractivity contribution in [2.24, 2.45) is 0 Å². The summed E-state index contributed by atoms with van der Waals surface area (Å²) < 4.78 is 16.2. The first-order valence-electron chi connectivity index (χ1n) is 11.6. The molecule has 1 unspecified atom stereocenters. The summed E-state index contributed by atoms with van der Waals surface area (Å²) in [5, 5.41) is 22.4. The van der Waals surface area contributed by atoms with Crippen molar-refractivity contribution in [3.05, 3.63) is 80.8 Å². The number of Topliss-reactive ketones (excluding diaryl/α,β-unsaturated/α-hetero) is 1. The number of phenolic OH excluding ortho intramolecular Hbond substituents is 1. The average molecular weight is 558 g/mol. The number of phenols is 1. The van der Waals surface area contributed by atoms with Gasteiger partial charge in [-0.3, -0.25) is 14.5 Å². The van der Waals surface area contributed by atoms with Gasteiger partial charge in [-0.25, -0.2) is 0 Å². The molecule has 0 bridgehead atoms. The number of ketones is 1. The number of aliphatic hydroxyl groups is 1. The van der Waals surface area contributed by atoms with E-state index in [1.165, 1.54) is 43.4 Å². The Bertz CT molecular complexity index is 1470. The van der Waals surface area contributed by atoms with Crippen LogP contribution in [0.2, 0.25) is 10.0 Å². The number of ether oxygens (including phenoxy) is 3. The Morgan fingerprint density at radius 1 is 0.974 bits per heavy atom. The van der Waals surface area contributed by atoms with Crippen molar-refractivity contribution in [1.29, 1.82) is 0 Å². The number of rotatable bonds is 7. The fourth-order valence-corrected chi connectivity index (χ4v) is 4.92. The molecule has 198 valence electrons. The fraction of sp³-hybridized carbons (Fsp3) is 0.214. The van der Waals surface area contributed by atoms with E-state index in [0.29, 0.717) is 27.6 Å². The maximum Gasteiger partial charge on any atom is 0.300 e. The molecule has 3 aromatic carbocycles. The lowest BCUT2D eigenvalue weighted by Crippen LogP contribution is -2.30. The summed E-state index contributed by atoms with van der Waals surface area (Å²) in [7, 11) is 2.82. The van der Waals surface area contributed by atoms with Gasteiger partial charge < -0.3 is 24.4 Å². The minimum absolute atomic E-state index is 0.0953. The molecule has 1 aliphatic rings. The molecular weight excluding hydrogens is 533 g/mol. The molecule has 1 heterocycles. The molecule has 8 nitrogen and oxygen atoms in total. The molecular formula is C28H25Cl2NO7. The van der Waals surface area contributed by atoms with Gasteiger partial charge in [-0.05, 0) is 61.4 Å². The Balaban J connectivity index is 2.03. The number of hydrogen-bond acceptors (Lipinski definition) is 7. The summed E-state index contributed by atoms with van der Waals surface area (Å²) in [5.74, 6) is -1.73. The number of carbonyl (C=O) groups is 2. The first-order chi connectivity index (χ1) is 18.1. The van der Waals surface area contributed by atoms with Crippen LogP contribution in [0.1, 0.15) is 29.7 Å². The van der Waals surface area contributed by atoms with Crippen molar-refractivity contribution >= 4 is 46.3 Å². The van der Waals surface area contributed by atoms with Gasteiger partial charge in [0.05, 0.1) is 43.0 Å². The lowest BCUT2D eigenvalue weighted by Gasteiger charge is -2.27. The van der Waals surface area contributed by atoms with E-state index in [9.17, 15) is 19.8 Å². The number of methoxy groups -OCH3 is 2. The monoisotopic (exact) mass is 557 g/mol. The highest BCUT2D eigenvalue weighted by molar-refractivity contribution is 6.52. The standard InChI is InChI=1S/C28H25Cl2NO7/c1-5-38-23-11-15(6-9-20(23)32)25-24(26(33)17-12-18(30)22(37-4)13-21(17)36-3)27(34)28(35)31(25)19-8-7-16(29)10-14(19)2/h6-13,25,32-33H,5H2,1-4H3/b26-24+. The minimum atomic E-state index is -1.08. The second kappa shape index (κ2) is 10.8. The van der Waals surface area contributed by atoms with E-state index < -0.39 is 23.5 Å². The number of aryl methyl sites for hydroxylation is 1. The second-order valence-corrected chi connectivity index (χ2v) is 9.29. The molecule has 1 aliphatic heterocycles. The number of hydrogen-bond donors (Lipinski definition) is 2. The van der Waals surface area contributed by atoms with Crippen LogP contribution in [-0.2, 0) is 9.59 Å². The van der Waals surface area contributed by atoms with Gasteiger partial charge in [0.1, 0.15) is 17.3 Å². The van der Waals surface area contributed by atoms with Crippen molar-refractivity contribution in [2.75, 3.05) is 25.7 Å². The summed E-state index contributed by atoms with van der Waals surface area (Å²) in [6.07, 6.45) is 0. The Kier molecular flexibility index (Phi) is 7.76. The van der Waals surface area contributed by atoms with Crippen molar-refractivity contribution in [1.82, 2.24) is 0 Å². The zero-order valence-electron chi connectivity index (χ0n) is 21.0. The summed E-state index contributed by atoms with van der Waals surface area (Å²) in [5.41, 5.74) is 1.37. The lowest BCUT2D eigenvalue weighted by atomic mass is 9.94. The fourth-order valence-electron chi connectivity index (χ4n) is 4.45. The van der Waals surface area contributed by atoms with Crippen molar-refractivity contribution in [3.8, 4) is 23.0 Å². The smallest absolute Gasteiger partial charge is 0.300 e. The molecule has 0 radical (unpaired) electrons. The van der Waals surface area contributed by atoms with E-state index in [2.05, 4.69) is 0 Å². The van der Waals surface area contributed by atoms with Gasteiger partial charge in [0.2, 0.25) is 0 Å². The normalized spacial score (nSPS) is 16.6. The highest BCUT2D eigenvalue weighted by atomic mass is 35.5. The zero-order valence-corrected chi connectivity index (χ0v) is 22.6. The first kappa shape index (κ1) is 27.2. The summed E-state index contributed by atoms with van der Waals surface area (Å²) in [6, 6.07) is 11.2. The van der Waals surface area contributed by atoms with E-state index in [1.807, 2.05) is 0 Å². The number of aliphatic hydroxyl groups excluding tert-OH is 1. The van der Waals surface area contributed by atoms with E-state index in [-0.39, 0.29) is 40.0 Å². The molecule has 2 N–H and O–H groups in total. The van der Waals surface area contributed by atoms with Crippen LogP contribution in [0.3, 0.4) is 0 Å². The maximum absolute atomic E-state index is 13.5. The molecule has 3 aromatic rings. The van der Waals surface area contributed by atoms with Crippen molar-refractivity contribution < 1.29 is 34.0 Å². The van der Waals surface area contributed by atoms with Gasteiger partial charge in [0, 0.05) is 16.8 Å². The first-order valence-corrected chi connectivity index (χ1v) is 12.3. The molecule has 10 heteroatoms. The molecule has 0 spiro atoms.